The Morgan fingerprint density at radius 2 is 1.74 bits per heavy atom. The standard InChI is InChI=1S/C23H13BrN2O5/c24-14-6-4-7-15(12-14)25-20(13-5-3-8-16(11-13)26(29)30)19-21(27)17-9-1-2-10-18(17)31-22(19)23(25)28/h1-12,20H. The Balaban J connectivity index is 1.83. The molecule has 5 rings (SSSR count). The average molecular weight is 477 g/mol. The Hall–Kier alpha value is -3.78. The summed E-state index contributed by atoms with van der Waals surface area (Å²) >= 11 is 3.41. The lowest BCUT2D eigenvalue weighted by Crippen LogP contribution is -2.29. The Bertz CT molecular complexity index is 1450. The molecule has 2 heterocycles. The van der Waals surface area contributed by atoms with Crippen molar-refractivity contribution in [3.63, 3.8) is 0 Å². The number of hydrogen-bond acceptors (Lipinski definition) is 5. The van der Waals surface area contributed by atoms with Crippen LogP contribution in [-0.4, -0.2) is 10.8 Å². The second-order valence-electron chi connectivity index (χ2n) is 7.08. The van der Waals surface area contributed by atoms with Gasteiger partial charge < -0.3 is 4.42 Å². The lowest BCUT2D eigenvalue weighted by Gasteiger charge is -2.25. The Morgan fingerprint density at radius 3 is 2.52 bits per heavy atom. The fourth-order valence-corrected chi connectivity index (χ4v) is 4.32. The third-order valence-corrected chi connectivity index (χ3v) is 5.75. The van der Waals surface area contributed by atoms with Gasteiger partial charge in [0, 0.05) is 22.3 Å². The maximum Gasteiger partial charge on any atom is 0.295 e. The smallest absolute Gasteiger partial charge is 0.295 e. The third kappa shape index (κ3) is 3.03. The first-order chi connectivity index (χ1) is 15.0. The molecule has 8 heteroatoms. The summed E-state index contributed by atoms with van der Waals surface area (Å²) in [6.07, 6.45) is 0. The predicted molar refractivity (Wildman–Crippen MR) is 118 cm³/mol. The molecule has 0 saturated heterocycles. The van der Waals surface area contributed by atoms with E-state index in [4.69, 9.17) is 4.42 Å². The van der Waals surface area contributed by atoms with Gasteiger partial charge in [-0.05, 0) is 35.9 Å². The van der Waals surface area contributed by atoms with Gasteiger partial charge >= 0.3 is 0 Å². The number of benzene rings is 3. The van der Waals surface area contributed by atoms with Crippen LogP contribution in [0.3, 0.4) is 0 Å². The van der Waals surface area contributed by atoms with Crippen LogP contribution in [0, 0.1) is 10.1 Å². The van der Waals surface area contributed by atoms with Crippen LogP contribution in [0.2, 0.25) is 0 Å². The van der Waals surface area contributed by atoms with E-state index in [1.807, 2.05) is 6.07 Å². The number of carbonyl (C=O) groups is 1. The quantitative estimate of drug-likeness (QED) is 0.298. The molecule has 31 heavy (non-hydrogen) atoms. The zero-order valence-electron chi connectivity index (χ0n) is 15.8. The van der Waals surface area contributed by atoms with Crippen LogP contribution >= 0.6 is 15.9 Å². The Morgan fingerprint density at radius 1 is 0.968 bits per heavy atom. The highest BCUT2D eigenvalue weighted by Crippen LogP contribution is 2.42. The molecule has 1 aromatic heterocycles. The first kappa shape index (κ1) is 19.2. The average Bonchev–Trinajstić information content (AvgIpc) is 3.07. The fraction of sp³-hybridized carbons (Fsp3) is 0.0435. The molecular weight excluding hydrogens is 464 g/mol. The van der Waals surface area contributed by atoms with E-state index in [1.54, 1.807) is 48.5 Å². The number of nitro groups is 1. The maximum absolute atomic E-state index is 13.5. The number of nitrogens with zero attached hydrogens (tertiary/aromatic N) is 2. The van der Waals surface area contributed by atoms with E-state index in [1.165, 1.54) is 23.1 Å². The molecule has 0 saturated carbocycles. The first-order valence-electron chi connectivity index (χ1n) is 9.35. The maximum atomic E-state index is 13.5. The lowest BCUT2D eigenvalue weighted by atomic mass is 9.98. The van der Waals surface area contributed by atoms with Crippen LogP contribution in [0.15, 0.2) is 86.5 Å². The molecular formula is C23H13BrN2O5. The van der Waals surface area contributed by atoms with Crippen molar-refractivity contribution < 1.29 is 14.1 Å². The number of anilines is 1. The number of amides is 1. The van der Waals surface area contributed by atoms with Gasteiger partial charge in [-0.25, -0.2) is 0 Å². The molecule has 0 bridgehead atoms. The van der Waals surface area contributed by atoms with Gasteiger partial charge in [0.25, 0.3) is 11.6 Å². The van der Waals surface area contributed by atoms with Crippen LogP contribution in [-0.2, 0) is 0 Å². The highest BCUT2D eigenvalue weighted by Gasteiger charge is 2.44. The van der Waals surface area contributed by atoms with Gasteiger partial charge in [0.15, 0.2) is 5.43 Å². The number of fused-ring (bicyclic) bond motifs is 2. The minimum atomic E-state index is -0.863. The van der Waals surface area contributed by atoms with E-state index in [-0.39, 0.29) is 22.4 Å². The topological polar surface area (TPSA) is 93.7 Å². The van der Waals surface area contributed by atoms with Crippen molar-refractivity contribution >= 4 is 44.2 Å². The summed E-state index contributed by atoms with van der Waals surface area (Å²) in [7, 11) is 0. The molecule has 1 atom stereocenters. The van der Waals surface area contributed by atoms with Gasteiger partial charge in [0.05, 0.1) is 21.9 Å². The van der Waals surface area contributed by atoms with Gasteiger partial charge in [0.2, 0.25) is 5.76 Å². The molecule has 3 aromatic carbocycles. The monoisotopic (exact) mass is 476 g/mol. The summed E-state index contributed by atoms with van der Waals surface area (Å²) in [6.45, 7) is 0. The van der Waals surface area contributed by atoms with Crippen molar-refractivity contribution in [2.24, 2.45) is 0 Å². The van der Waals surface area contributed by atoms with Crippen molar-refractivity contribution in [2.45, 2.75) is 6.04 Å². The molecule has 0 aliphatic carbocycles. The van der Waals surface area contributed by atoms with Gasteiger partial charge in [0.1, 0.15) is 5.58 Å². The molecule has 7 nitrogen and oxygen atoms in total. The van der Waals surface area contributed by atoms with Gasteiger partial charge in [-0.15, -0.1) is 0 Å². The van der Waals surface area contributed by atoms with Gasteiger partial charge in [-0.1, -0.05) is 46.3 Å². The van der Waals surface area contributed by atoms with Crippen LogP contribution in [0.4, 0.5) is 11.4 Å². The number of hydrogen-bond donors (Lipinski definition) is 0. The SMILES string of the molecule is O=C1c2oc3ccccc3c(=O)c2C(c2cccc([N+](=O)[O-])c2)N1c1cccc(Br)c1. The molecule has 1 amide bonds. The van der Waals surface area contributed by atoms with Crippen molar-refractivity contribution in [2.75, 3.05) is 4.90 Å². The van der Waals surface area contributed by atoms with E-state index in [0.29, 0.717) is 22.2 Å². The number of non-ortho nitro benzene ring substituents is 1. The summed E-state index contributed by atoms with van der Waals surface area (Å²) in [5.41, 5.74) is 1.00. The minimum absolute atomic E-state index is 0.0554. The largest absolute Gasteiger partial charge is 0.450 e. The molecule has 0 N–H and O–H groups in total. The van der Waals surface area contributed by atoms with E-state index in [9.17, 15) is 19.7 Å². The molecule has 1 aliphatic rings. The van der Waals surface area contributed by atoms with Gasteiger partial charge in [-0.2, -0.15) is 0 Å². The summed E-state index contributed by atoms with van der Waals surface area (Å²) in [5, 5.41) is 11.7. The Kier molecular flexibility index (Phi) is 4.44. The molecule has 4 aromatic rings. The van der Waals surface area contributed by atoms with Gasteiger partial charge in [-0.3, -0.25) is 24.6 Å². The number of para-hydroxylation sites is 1. The predicted octanol–water partition coefficient (Wildman–Crippen LogP) is 5.21. The van der Waals surface area contributed by atoms with Crippen LogP contribution < -0.4 is 10.3 Å². The summed E-state index contributed by atoms with van der Waals surface area (Å²) < 4.78 is 6.62. The zero-order valence-corrected chi connectivity index (χ0v) is 17.4. The number of nitro benzene ring substituents is 1. The van der Waals surface area contributed by atoms with E-state index < -0.39 is 16.9 Å². The lowest BCUT2D eigenvalue weighted by molar-refractivity contribution is -0.384. The third-order valence-electron chi connectivity index (χ3n) is 5.26. The second-order valence-corrected chi connectivity index (χ2v) is 8.00. The highest BCUT2D eigenvalue weighted by atomic mass is 79.9. The molecule has 0 radical (unpaired) electrons. The summed E-state index contributed by atoms with van der Waals surface area (Å²) in [6, 6.07) is 18.9. The van der Waals surface area contributed by atoms with Crippen LogP contribution in [0.5, 0.6) is 0 Å². The minimum Gasteiger partial charge on any atom is -0.450 e. The van der Waals surface area contributed by atoms with Crippen molar-refractivity contribution in [3.8, 4) is 0 Å². The van der Waals surface area contributed by atoms with E-state index >= 15 is 0 Å². The molecule has 1 unspecified atom stereocenters. The van der Waals surface area contributed by atoms with Crippen molar-refractivity contribution in [1.29, 1.82) is 0 Å². The fourth-order valence-electron chi connectivity index (χ4n) is 3.94. The highest BCUT2D eigenvalue weighted by molar-refractivity contribution is 9.10. The van der Waals surface area contributed by atoms with Crippen molar-refractivity contribution in [3.05, 3.63) is 114 Å². The molecule has 0 fully saturated rings. The molecule has 152 valence electrons. The zero-order chi connectivity index (χ0) is 21.7. The normalized spacial score (nSPS) is 15.3. The van der Waals surface area contributed by atoms with Crippen LogP contribution in [0.25, 0.3) is 11.0 Å². The second kappa shape index (κ2) is 7.17. The van der Waals surface area contributed by atoms with Crippen molar-refractivity contribution in [1.82, 2.24) is 0 Å². The summed E-state index contributed by atoms with van der Waals surface area (Å²) in [5.74, 6) is -0.535. The first-order valence-corrected chi connectivity index (χ1v) is 10.1. The van der Waals surface area contributed by atoms with E-state index in [0.717, 1.165) is 4.47 Å². The Labute approximate surface area is 183 Å². The molecule has 0 spiro atoms. The number of rotatable bonds is 3. The molecule has 1 aliphatic heterocycles. The summed E-state index contributed by atoms with van der Waals surface area (Å²) in [4.78, 5) is 39.2. The number of carbonyl (C=O) groups excluding carboxylic acids is 1. The van der Waals surface area contributed by atoms with E-state index in [2.05, 4.69) is 15.9 Å². The number of halogens is 1. The van der Waals surface area contributed by atoms with Crippen LogP contribution in [0.1, 0.15) is 27.7 Å².